The number of aryl methyl sites for hydroxylation is 2. The van der Waals surface area contributed by atoms with Gasteiger partial charge in [0.15, 0.2) is 0 Å². The molecular formula is C20H24F2N4O2. The molecule has 4 rings (SSSR count). The molecule has 8 heteroatoms. The Bertz CT molecular complexity index is 854. The van der Waals surface area contributed by atoms with E-state index in [0.29, 0.717) is 6.54 Å². The number of rotatable bonds is 5. The second-order valence-corrected chi connectivity index (χ2v) is 7.51. The number of halogens is 2. The Morgan fingerprint density at radius 2 is 2.25 bits per heavy atom. The highest BCUT2D eigenvalue weighted by Gasteiger charge is 2.36. The molecule has 1 amide bonds. The second-order valence-electron chi connectivity index (χ2n) is 7.51. The lowest BCUT2D eigenvalue weighted by Crippen LogP contribution is -2.38. The van der Waals surface area contributed by atoms with Crippen LogP contribution in [0.2, 0.25) is 0 Å². The van der Waals surface area contributed by atoms with E-state index in [1.54, 1.807) is 22.9 Å². The van der Waals surface area contributed by atoms with Crippen LogP contribution in [0, 0.1) is 5.92 Å². The van der Waals surface area contributed by atoms with Gasteiger partial charge in [-0.25, -0.2) is 0 Å². The van der Waals surface area contributed by atoms with Gasteiger partial charge in [-0.3, -0.25) is 9.48 Å². The summed E-state index contributed by atoms with van der Waals surface area (Å²) in [6.07, 6.45) is 6.30. The average Bonchev–Trinajstić information content (AvgIpc) is 3.30. The topological polar surface area (TPSA) is 68.2 Å². The third-order valence-corrected chi connectivity index (χ3v) is 5.67. The van der Waals surface area contributed by atoms with Crippen molar-refractivity contribution in [2.45, 2.75) is 37.8 Å². The number of alkyl halides is 2. The van der Waals surface area contributed by atoms with Crippen molar-refractivity contribution in [2.75, 3.05) is 13.1 Å². The molecule has 1 fully saturated rings. The van der Waals surface area contributed by atoms with Gasteiger partial charge in [-0.1, -0.05) is 6.07 Å². The molecule has 1 saturated heterocycles. The first kappa shape index (κ1) is 18.9. The van der Waals surface area contributed by atoms with Crippen molar-refractivity contribution in [1.82, 2.24) is 20.4 Å². The van der Waals surface area contributed by atoms with E-state index in [9.17, 15) is 13.6 Å². The van der Waals surface area contributed by atoms with Crippen LogP contribution in [0.1, 0.15) is 41.5 Å². The minimum absolute atomic E-state index is 0.0182. The second kappa shape index (κ2) is 7.87. The lowest BCUT2D eigenvalue weighted by atomic mass is 9.86. The van der Waals surface area contributed by atoms with E-state index in [1.165, 1.54) is 0 Å². The quantitative estimate of drug-likeness (QED) is 0.823. The lowest BCUT2D eigenvalue weighted by Gasteiger charge is -2.28. The predicted molar refractivity (Wildman–Crippen MR) is 99.2 cm³/mol. The van der Waals surface area contributed by atoms with E-state index in [0.717, 1.165) is 42.5 Å². The van der Waals surface area contributed by atoms with E-state index in [1.807, 2.05) is 19.4 Å². The third kappa shape index (κ3) is 3.87. The molecule has 2 heterocycles. The van der Waals surface area contributed by atoms with Crippen molar-refractivity contribution in [3.63, 3.8) is 0 Å². The van der Waals surface area contributed by atoms with E-state index < -0.39 is 6.61 Å². The average molecular weight is 390 g/mol. The molecule has 0 spiro atoms. The van der Waals surface area contributed by atoms with Crippen molar-refractivity contribution in [3.8, 4) is 5.75 Å². The number of amides is 1. The van der Waals surface area contributed by atoms with Crippen LogP contribution in [0.25, 0.3) is 0 Å². The van der Waals surface area contributed by atoms with E-state index in [-0.39, 0.29) is 29.5 Å². The molecular weight excluding hydrogens is 366 g/mol. The summed E-state index contributed by atoms with van der Waals surface area (Å²) in [6, 6.07) is 4.90. The van der Waals surface area contributed by atoms with Gasteiger partial charge in [-0.2, -0.15) is 13.9 Å². The fraction of sp³-hybridized carbons (Fsp3) is 0.500. The van der Waals surface area contributed by atoms with Crippen LogP contribution in [0.5, 0.6) is 5.75 Å². The first-order chi connectivity index (χ1) is 13.5. The molecule has 1 aromatic heterocycles. The largest absolute Gasteiger partial charge is 0.435 e. The van der Waals surface area contributed by atoms with Crippen LogP contribution in [-0.4, -0.2) is 35.4 Å². The standard InChI is InChI=1S/C20H24F2N4O2/c1-26-11-13(8-24-26)16-9-23-10-17(16)19(27)25-18-4-2-3-12-7-14(28-20(21)22)5-6-15(12)18/h5-8,11,16-18,20,23H,2-4,9-10H2,1H3,(H,25,27)/t16-,17+,18?/m1/s1. The Kier molecular flexibility index (Phi) is 5.30. The highest BCUT2D eigenvalue weighted by Crippen LogP contribution is 2.34. The molecule has 150 valence electrons. The molecule has 0 bridgehead atoms. The van der Waals surface area contributed by atoms with Gasteiger partial charge in [0.1, 0.15) is 5.75 Å². The van der Waals surface area contributed by atoms with Crippen molar-refractivity contribution < 1.29 is 18.3 Å². The number of nitrogens with one attached hydrogen (secondary N) is 2. The summed E-state index contributed by atoms with van der Waals surface area (Å²) in [5.74, 6) is 0.122. The maximum Gasteiger partial charge on any atom is 0.387 e. The summed E-state index contributed by atoms with van der Waals surface area (Å²) in [6.45, 7) is -1.46. The first-order valence-electron chi connectivity index (χ1n) is 9.58. The minimum Gasteiger partial charge on any atom is -0.435 e. The summed E-state index contributed by atoms with van der Waals surface area (Å²) < 4.78 is 31.2. The zero-order chi connectivity index (χ0) is 19.7. The molecule has 1 aliphatic carbocycles. The minimum atomic E-state index is -2.84. The highest BCUT2D eigenvalue weighted by atomic mass is 19.3. The molecule has 6 nitrogen and oxygen atoms in total. The Morgan fingerprint density at radius 1 is 1.39 bits per heavy atom. The summed E-state index contributed by atoms with van der Waals surface area (Å²) in [7, 11) is 1.87. The van der Waals surface area contributed by atoms with Gasteiger partial charge >= 0.3 is 6.61 Å². The molecule has 1 unspecified atom stereocenters. The van der Waals surface area contributed by atoms with Crippen molar-refractivity contribution in [2.24, 2.45) is 13.0 Å². The van der Waals surface area contributed by atoms with Gasteiger partial charge in [0.2, 0.25) is 5.91 Å². The first-order valence-corrected chi connectivity index (χ1v) is 9.58. The molecule has 2 N–H and O–H groups in total. The van der Waals surface area contributed by atoms with Crippen molar-refractivity contribution in [1.29, 1.82) is 0 Å². The molecule has 2 aromatic rings. The highest BCUT2D eigenvalue weighted by molar-refractivity contribution is 5.81. The van der Waals surface area contributed by atoms with Gasteiger partial charge in [-0.05, 0) is 48.1 Å². The fourth-order valence-corrected chi connectivity index (χ4v) is 4.33. The van der Waals surface area contributed by atoms with Gasteiger partial charge < -0.3 is 15.4 Å². The summed E-state index contributed by atoms with van der Waals surface area (Å²) >= 11 is 0. The van der Waals surface area contributed by atoms with E-state index in [4.69, 9.17) is 0 Å². The van der Waals surface area contributed by atoms with Gasteiger partial charge in [0, 0.05) is 32.3 Å². The van der Waals surface area contributed by atoms with E-state index in [2.05, 4.69) is 20.5 Å². The summed E-state index contributed by atoms with van der Waals surface area (Å²) in [4.78, 5) is 13.0. The number of carbonyl (C=O) groups excluding carboxylic acids is 1. The Hall–Kier alpha value is -2.48. The normalized spacial score (nSPS) is 24.2. The monoisotopic (exact) mass is 390 g/mol. The number of aromatic nitrogens is 2. The number of benzene rings is 1. The van der Waals surface area contributed by atoms with Crippen LogP contribution < -0.4 is 15.4 Å². The van der Waals surface area contributed by atoms with Gasteiger partial charge in [0.05, 0.1) is 18.2 Å². The SMILES string of the molecule is Cn1cc([C@H]2CNC[C@@H]2C(=O)NC2CCCc3cc(OC(F)F)ccc32)cn1. The molecule has 0 radical (unpaired) electrons. The van der Waals surface area contributed by atoms with Crippen LogP contribution >= 0.6 is 0 Å². The molecule has 28 heavy (non-hydrogen) atoms. The van der Waals surface area contributed by atoms with Gasteiger partial charge in [0.25, 0.3) is 0 Å². The van der Waals surface area contributed by atoms with Crippen molar-refractivity contribution in [3.05, 3.63) is 47.3 Å². The van der Waals surface area contributed by atoms with Crippen LogP contribution in [0.4, 0.5) is 8.78 Å². The summed E-state index contributed by atoms with van der Waals surface area (Å²) in [5, 5.41) is 10.7. The Labute approximate surface area is 162 Å². The van der Waals surface area contributed by atoms with Crippen LogP contribution in [0.3, 0.4) is 0 Å². The Balaban J connectivity index is 1.48. The predicted octanol–water partition coefficient (Wildman–Crippen LogP) is 2.52. The summed E-state index contributed by atoms with van der Waals surface area (Å²) in [5.41, 5.74) is 3.01. The van der Waals surface area contributed by atoms with Crippen molar-refractivity contribution >= 4 is 5.91 Å². The maximum atomic E-state index is 13.0. The fourth-order valence-electron chi connectivity index (χ4n) is 4.33. The molecule has 1 aromatic carbocycles. The Morgan fingerprint density at radius 3 is 3.00 bits per heavy atom. The molecule has 0 saturated carbocycles. The molecule has 2 aliphatic rings. The number of hydrogen-bond donors (Lipinski definition) is 2. The number of nitrogens with zero attached hydrogens (tertiary/aromatic N) is 2. The zero-order valence-electron chi connectivity index (χ0n) is 15.7. The third-order valence-electron chi connectivity index (χ3n) is 5.67. The van der Waals surface area contributed by atoms with Crippen LogP contribution in [0.15, 0.2) is 30.6 Å². The smallest absolute Gasteiger partial charge is 0.387 e. The number of carbonyl (C=O) groups is 1. The number of hydrogen-bond acceptors (Lipinski definition) is 4. The number of fused-ring (bicyclic) bond motifs is 1. The van der Waals surface area contributed by atoms with Gasteiger partial charge in [-0.15, -0.1) is 0 Å². The maximum absolute atomic E-state index is 13.0. The zero-order valence-corrected chi connectivity index (χ0v) is 15.7. The number of ether oxygens (including phenoxy) is 1. The van der Waals surface area contributed by atoms with E-state index >= 15 is 0 Å². The lowest BCUT2D eigenvalue weighted by molar-refractivity contribution is -0.125. The molecule has 3 atom stereocenters. The van der Waals surface area contributed by atoms with Crippen LogP contribution in [-0.2, 0) is 18.3 Å². The molecule has 1 aliphatic heterocycles.